The maximum absolute atomic E-state index is 11.7. The lowest BCUT2D eigenvalue weighted by atomic mass is 9.79. The van der Waals surface area contributed by atoms with Gasteiger partial charge in [-0.05, 0) is 18.9 Å². The number of carbonyl (C=O) groups is 1. The van der Waals surface area contributed by atoms with Crippen molar-refractivity contribution in [2.75, 3.05) is 48.0 Å². The van der Waals surface area contributed by atoms with Crippen molar-refractivity contribution in [3.63, 3.8) is 0 Å². The summed E-state index contributed by atoms with van der Waals surface area (Å²) in [5, 5.41) is 6.42. The molecule has 8 heteroatoms. The molecule has 2 saturated heterocycles. The summed E-state index contributed by atoms with van der Waals surface area (Å²) in [5.41, 5.74) is 0.972. The fourth-order valence-corrected chi connectivity index (χ4v) is 4.17. The molecule has 28 heavy (non-hydrogen) atoms. The predicted molar refractivity (Wildman–Crippen MR) is 107 cm³/mol. The zero-order valence-electron chi connectivity index (χ0n) is 17.1. The largest absolute Gasteiger partial charge is 0.496 e. The van der Waals surface area contributed by atoms with E-state index in [1.165, 1.54) is 0 Å². The number of hydrogen-bond donors (Lipinski definition) is 2. The number of methoxy groups -OCH3 is 3. The number of rotatable bonds is 5. The second-order valence-electron chi connectivity index (χ2n) is 7.40. The summed E-state index contributed by atoms with van der Waals surface area (Å²) in [6.45, 7) is 3.05. The van der Waals surface area contributed by atoms with Crippen molar-refractivity contribution in [1.82, 2.24) is 15.5 Å². The smallest absolute Gasteiger partial charge is 0.220 e. The van der Waals surface area contributed by atoms with Gasteiger partial charge in [-0.25, -0.2) is 0 Å². The van der Waals surface area contributed by atoms with Gasteiger partial charge >= 0.3 is 0 Å². The monoisotopic (exact) mass is 390 g/mol. The Balaban J connectivity index is 1.71. The third-order valence-corrected chi connectivity index (χ3v) is 5.59. The second-order valence-corrected chi connectivity index (χ2v) is 7.40. The highest BCUT2D eigenvalue weighted by Gasteiger charge is 2.42. The van der Waals surface area contributed by atoms with E-state index in [9.17, 15) is 4.79 Å². The molecule has 0 radical (unpaired) electrons. The SMILES string of the molecule is CN=C(NCc1cc(OC)c(OC)cc1OC)N1CCCC2(CNC(=O)C2)C1. The minimum absolute atomic E-state index is 0.0218. The van der Waals surface area contributed by atoms with Crippen LogP contribution in [0.5, 0.6) is 17.2 Å². The summed E-state index contributed by atoms with van der Waals surface area (Å²) < 4.78 is 16.3. The summed E-state index contributed by atoms with van der Waals surface area (Å²) in [6.07, 6.45) is 2.72. The fourth-order valence-electron chi connectivity index (χ4n) is 4.17. The Morgan fingerprint density at radius 2 is 1.93 bits per heavy atom. The summed E-state index contributed by atoms with van der Waals surface area (Å²) >= 11 is 0. The average molecular weight is 390 g/mol. The van der Waals surface area contributed by atoms with Gasteiger partial charge in [0, 0.05) is 56.7 Å². The Morgan fingerprint density at radius 3 is 2.54 bits per heavy atom. The van der Waals surface area contributed by atoms with Gasteiger partial charge in [-0.3, -0.25) is 9.79 Å². The highest BCUT2D eigenvalue weighted by molar-refractivity contribution is 5.81. The van der Waals surface area contributed by atoms with Crippen LogP contribution in [0.1, 0.15) is 24.8 Å². The Morgan fingerprint density at radius 1 is 1.21 bits per heavy atom. The van der Waals surface area contributed by atoms with Crippen LogP contribution in [0.25, 0.3) is 0 Å². The van der Waals surface area contributed by atoms with E-state index in [0.29, 0.717) is 24.5 Å². The van der Waals surface area contributed by atoms with Gasteiger partial charge in [0.1, 0.15) is 5.75 Å². The molecule has 0 saturated carbocycles. The molecule has 1 amide bonds. The van der Waals surface area contributed by atoms with E-state index in [1.54, 1.807) is 28.4 Å². The van der Waals surface area contributed by atoms with E-state index >= 15 is 0 Å². The quantitative estimate of drug-likeness (QED) is 0.584. The normalized spacial score (nSPS) is 22.2. The zero-order chi connectivity index (χ0) is 20.1. The number of piperidine rings is 1. The molecule has 1 aromatic carbocycles. The first kappa shape index (κ1) is 20.1. The topological polar surface area (TPSA) is 84.4 Å². The first-order valence-electron chi connectivity index (χ1n) is 9.55. The minimum atomic E-state index is 0.0218. The van der Waals surface area contributed by atoms with Crippen molar-refractivity contribution >= 4 is 11.9 Å². The van der Waals surface area contributed by atoms with Gasteiger partial charge in [0.25, 0.3) is 0 Å². The van der Waals surface area contributed by atoms with Crippen LogP contribution < -0.4 is 24.8 Å². The number of hydrogen-bond acceptors (Lipinski definition) is 5. The Labute approximate surface area is 166 Å². The Hall–Kier alpha value is -2.64. The fraction of sp³-hybridized carbons (Fsp3) is 0.600. The Kier molecular flexibility index (Phi) is 6.16. The number of carbonyl (C=O) groups excluding carboxylic acids is 1. The van der Waals surface area contributed by atoms with Crippen LogP contribution in [0, 0.1) is 5.41 Å². The molecule has 2 aliphatic rings. The molecule has 1 unspecified atom stereocenters. The number of benzene rings is 1. The van der Waals surface area contributed by atoms with Gasteiger partial charge in [0.05, 0.1) is 21.3 Å². The molecular weight excluding hydrogens is 360 g/mol. The maximum Gasteiger partial charge on any atom is 0.220 e. The molecule has 3 rings (SSSR count). The molecule has 1 aromatic rings. The van der Waals surface area contributed by atoms with E-state index in [-0.39, 0.29) is 11.3 Å². The number of ether oxygens (including phenoxy) is 3. The Bertz CT molecular complexity index is 752. The molecule has 1 atom stereocenters. The number of aliphatic imine (C=N–C) groups is 1. The first-order chi connectivity index (χ1) is 13.5. The van der Waals surface area contributed by atoms with Gasteiger partial charge in [-0.15, -0.1) is 0 Å². The van der Waals surface area contributed by atoms with Gasteiger partial charge in [-0.1, -0.05) is 0 Å². The highest BCUT2D eigenvalue weighted by Crippen LogP contribution is 2.36. The van der Waals surface area contributed by atoms with Crippen LogP contribution in [-0.4, -0.2) is 64.8 Å². The summed E-state index contributed by atoms with van der Waals surface area (Å²) in [6, 6.07) is 3.74. The zero-order valence-corrected chi connectivity index (χ0v) is 17.1. The molecule has 0 bridgehead atoms. The van der Waals surface area contributed by atoms with Crippen molar-refractivity contribution in [1.29, 1.82) is 0 Å². The molecule has 2 fully saturated rings. The number of likely N-dealkylation sites (tertiary alicyclic amines) is 1. The summed E-state index contributed by atoms with van der Waals surface area (Å²) in [4.78, 5) is 18.5. The third kappa shape index (κ3) is 4.10. The van der Waals surface area contributed by atoms with Gasteiger partial charge < -0.3 is 29.7 Å². The van der Waals surface area contributed by atoms with Crippen LogP contribution >= 0.6 is 0 Å². The van der Waals surface area contributed by atoms with Crippen molar-refractivity contribution in [2.24, 2.45) is 10.4 Å². The molecule has 1 spiro atoms. The third-order valence-electron chi connectivity index (χ3n) is 5.59. The van der Waals surface area contributed by atoms with Gasteiger partial charge in [0.15, 0.2) is 17.5 Å². The molecule has 0 aromatic heterocycles. The molecule has 2 N–H and O–H groups in total. The number of guanidine groups is 1. The number of nitrogens with zero attached hydrogens (tertiary/aromatic N) is 2. The highest BCUT2D eigenvalue weighted by atomic mass is 16.5. The number of amides is 1. The first-order valence-corrected chi connectivity index (χ1v) is 9.55. The molecule has 2 aliphatic heterocycles. The number of nitrogens with one attached hydrogen (secondary N) is 2. The van der Waals surface area contributed by atoms with Gasteiger partial charge in [-0.2, -0.15) is 0 Å². The molecular formula is C20H30N4O4. The molecule has 2 heterocycles. The second kappa shape index (κ2) is 8.58. The lowest BCUT2D eigenvalue weighted by Crippen LogP contribution is -2.51. The van der Waals surface area contributed by atoms with Crippen LogP contribution in [-0.2, 0) is 11.3 Å². The minimum Gasteiger partial charge on any atom is -0.496 e. The van der Waals surface area contributed by atoms with Gasteiger partial charge in [0.2, 0.25) is 5.91 Å². The molecule has 0 aliphatic carbocycles. The maximum atomic E-state index is 11.7. The van der Waals surface area contributed by atoms with Crippen molar-refractivity contribution in [3.8, 4) is 17.2 Å². The van der Waals surface area contributed by atoms with E-state index < -0.39 is 0 Å². The molecule has 8 nitrogen and oxygen atoms in total. The van der Waals surface area contributed by atoms with E-state index in [2.05, 4.69) is 20.5 Å². The van der Waals surface area contributed by atoms with E-state index in [4.69, 9.17) is 14.2 Å². The van der Waals surface area contributed by atoms with E-state index in [0.717, 1.165) is 49.7 Å². The average Bonchev–Trinajstić information content (AvgIpc) is 3.07. The molecule has 154 valence electrons. The van der Waals surface area contributed by atoms with Crippen molar-refractivity contribution < 1.29 is 19.0 Å². The van der Waals surface area contributed by atoms with Crippen LogP contribution in [0.2, 0.25) is 0 Å². The summed E-state index contributed by atoms with van der Waals surface area (Å²) in [7, 11) is 6.64. The van der Waals surface area contributed by atoms with Crippen LogP contribution in [0.15, 0.2) is 17.1 Å². The van der Waals surface area contributed by atoms with Crippen molar-refractivity contribution in [3.05, 3.63) is 17.7 Å². The lowest BCUT2D eigenvalue weighted by molar-refractivity contribution is -0.119. The van der Waals surface area contributed by atoms with E-state index in [1.807, 2.05) is 12.1 Å². The van der Waals surface area contributed by atoms with Crippen LogP contribution in [0.3, 0.4) is 0 Å². The predicted octanol–water partition coefficient (Wildman–Crippen LogP) is 1.39. The summed E-state index contributed by atoms with van der Waals surface area (Å²) in [5.74, 6) is 2.99. The van der Waals surface area contributed by atoms with Crippen molar-refractivity contribution in [2.45, 2.75) is 25.8 Å². The van der Waals surface area contributed by atoms with Crippen LogP contribution in [0.4, 0.5) is 0 Å². The standard InChI is InChI=1S/C20H30N4O4/c1-21-19(24-7-5-6-20(13-24)10-18(25)23-12-20)22-11-14-8-16(27-3)17(28-4)9-15(14)26-2/h8-9H,5-7,10-13H2,1-4H3,(H,21,22)(H,23,25). The lowest BCUT2D eigenvalue weighted by Gasteiger charge is -2.40.